The molecule has 0 radical (unpaired) electrons. The third-order valence-electron chi connectivity index (χ3n) is 4.49. The van der Waals surface area contributed by atoms with Crippen LogP contribution in [0.15, 0.2) is 59.6 Å². The van der Waals surface area contributed by atoms with Crippen LogP contribution in [0.3, 0.4) is 0 Å². The molecule has 0 aliphatic rings. The summed E-state index contributed by atoms with van der Waals surface area (Å²) in [6.07, 6.45) is -2.79. The largest absolute Gasteiger partial charge is 0.416 e. The number of hydrogen-bond donors (Lipinski definition) is 1. The van der Waals surface area contributed by atoms with E-state index in [1.54, 1.807) is 37.1 Å². The van der Waals surface area contributed by atoms with Crippen molar-refractivity contribution < 1.29 is 21.6 Å². The fourth-order valence-electron chi connectivity index (χ4n) is 2.99. The predicted octanol–water partition coefficient (Wildman–Crippen LogP) is 3.12. The van der Waals surface area contributed by atoms with Crippen molar-refractivity contribution in [1.82, 2.24) is 9.78 Å². The van der Waals surface area contributed by atoms with Crippen molar-refractivity contribution in [3.05, 3.63) is 77.0 Å². The number of primary sulfonamides is 1. The van der Waals surface area contributed by atoms with Crippen LogP contribution in [0.4, 0.5) is 19.0 Å². The standard InChI is InChI=1S/C21H19F3N4O2S/c1-27(14-16-4-9-18(10-5-16)21(22,23)24)20-17(13-26-28(20)2)8-3-15-6-11-19(12-7-15)31(25,29)30/h4-7,9-13H,14H2,1-2H3,(H2,25,29,30). The van der Waals surface area contributed by atoms with Crippen LogP contribution in [0.25, 0.3) is 0 Å². The highest BCUT2D eigenvalue weighted by Gasteiger charge is 2.30. The number of hydrogen-bond acceptors (Lipinski definition) is 4. The van der Waals surface area contributed by atoms with Gasteiger partial charge in [-0.25, -0.2) is 13.6 Å². The summed E-state index contributed by atoms with van der Waals surface area (Å²) >= 11 is 0. The third kappa shape index (κ3) is 5.45. The van der Waals surface area contributed by atoms with Crippen molar-refractivity contribution in [2.24, 2.45) is 12.2 Å². The van der Waals surface area contributed by atoms with Crippen LogP contribution in [-0.2, 0) is 29.8 Å². The topological polar surface area (TPSA) is 81.2 Å². The predicted molar refractivity (Wildman–Crippen MR) is 111 cm³/mol. The molecule has 0 aliphatic heterocycles. The molecule has 0 saturated carbocycles. The van der Waals surface area contributed by atoms with Gasteiger partial charge in [-0.15, -0.1) is 0 Å². The molecule has 1 heterocycles. The molecule has 0 unspecified atom stereocenters. The number of rotatable bonds is 4. The fraction of sp³-hybridized carbons (Fsp3) is 0.190. The van der Waals surface area contributed by atoms with Crippen LogP contribution in [0, 0.1) is 11.8 Å². The summed E-state index contributed by atoms with van der Waals surface area (Å²) in [5.41, 5.74) is 1.22. The summed E-state index contributed by atoms with van der Waals surface area (Å²) in [5.74, 6) is 6.63. The van der Waals surface area contributed by atoms with E-state index >= 15 is 0 Å². The first-order chi connectivity index (χ1) is 14.4. The van der Waals surface area contributed by atoms with Crippen molar-refractivity contribution in [1.29, 1.82) is 0 Å². The first-order valence-electron chi connectivity index (χ1n) is 8.99. The molecule has 0 amide bonds. The van der Waals surface area contributed by atoms with Crippen molar-refractivity contribution in [3.63, 3.8) is 0 Å². The molecule has 162 valence electrons. The summed E-state index contributed by atoms with van der Waals surface area (Å²) in [6, 6.07) is 10.8. The lowest BCUT2D eigenvalue weighted by Gasteiger charge is -2.20. The summed E-state index contributed by atoms with van der Waals surface area (Å²) in [6.45, 7) is 0.357. The molecule has 10 heteroatoms. The lowest BCUT2D eigenvalue weighted by atomic mass is 10.1. The zero-order valence-electron chi connectivity index (χ0n) is 16.7. The Labute approximate surface area is 178 Å². The maximum atomic E-state index is 12.7. The van der Waals surface area contributed by atoms with E-state index in [9.17, 15) is 21.6 Å². The van der Waals surface area contributed by atoms with Gasteiger partial charge in [0, 0.05) is 26.2 Å². The zero-order valence-corrected chi connectivity index (χ0v) is 17.5. The Morgan fingerprint density at radius 1 is 1.06 bits per heavy atom. The van der Waals surface area contributed by atoms with Crippen LogP contribution in [-0.4, -0.2) is 25.2 Å². The van der Waals surface area contributed by atoms with E-state index in [1.807, 2.05) is 4.90 Å². The number of aryl methyl sites for hydroxylation is 1. The van der Waals surface area contributed by atoms with Gasteiger partial charge in [-0.1, -0.05) is 24.0 Å². The summed E-state index contributed by atoms with van der Waals surface area (Å²) in [5, 5.41) is 9.30. The van der Waals surface area contributed by atoms with Gasteiger partial charge < -0.3 is 4.90 Å². The number of alkyl halides is 3. The molecule has 0 spiro atoms. The average molecular weight is 448 g/mol. The molecule has 31 heavy (non-hydrogen) atoms. The summed E-state index contributed by atoms with van der Waals surface area (Å²) in [7, 11) is -0.239. The maximum Gasteiger partial charge on any atom is 0.416 e. The van der Waals surface area contributed by atoms with E-state index < -0.39 is 21.8 Å². The van der Waals surface area contributed by atoms with Crippen molar-refractivity contribution in [2.75, 3.05) is 11.9 Å². The van der Waals surface area contributed by atoms with Gasteiger partial charge in [0.05, 0.1) is 22.2 Å². The monoisotopic (exact) mass is 448 g/mol. The molecule has 0 saturated heterocycles. The van der Waals surface area contributed by atoms with E-state index in [2.05, 4.69) is 16.9 Å². The van der Waals surface area contributed by atoms with E-state index in [-0.39, 0.29) is 4.90 Å². The Balaban J connectivity index is 1.80. The van der Waals surface area contributed by atoms with Crippen LogP contribution in [0.2, 0.25) is 0 Å². The second kappa shape index (κ2) is 8.45. The van der Waals surface area contributed by atoms with Gasteiger partial charge in [0.15, 0.2) is 0 Å². The van der Waals surface area contributed by atoms with Crippen molar-refractivity contribution in [3.8, 4) is 11.8 Å². The van der Waals surface area contributed by atoms with Gasteiger partial charge >= 0.3 is 6.18 Å². The summed E-state index contributed by atoms with van der Waals surface area (Å²) < 4.78 is 62.5. The van der Waals surface area contributed by atoms with Crippen molar-refractivity contribution in [2.45, 2.75) is 17.6 Å². The Hall–Kier alpha value is -3.29. The highest BCUT2D eigenvalue weighted by Crippen LogP contribution is 2.29. The SMILES string of the molecule is CN(Cc1ccc(C(F)(F)F)cc1)c1c(C#Cc2ccc(S(N)(=O)=O)cc2)cnn1C. The molecule has 0 atom stereocenters. The molecule has 0 aliphatic carbocycles. The first-order valence-corrected chi connectivity index (χ1v) is 10.5. The second-order valence-corrected chi connectivity index (χ2v) is 8.44. The number of nitrogens with zero attached hydrogens (tertiary/aromatic N) is 3. The Bertz CT molecular complexity index is 1240. The molecule has 2 aromatic carbocycles. The van der Waals surface area contributed by atoms with E-state index in [0.717, 1.165) is 12.1 Å². The van der Waals surface area contributed by atoms with Gasteiger partial charge in [0.25, 0.3) is 0 Å². The normalized spacial score (nSPS) is 11.7. The van der Waals surface area contributed by atoms with Crippen LogP contribution in [0.5, 0.6) is 0 Å². The molecule has 3 rings (SSSR count). The first kappa shape index (κ1) is 22.4. The molecule has 1 aromatic heterocycles. The molecule has 0 fully saturated rings. The minimum Gasteiger partial charge on any atom is -0.355 e. The van der Waals surface area contributed by atoms with Gasteiger partial charge in [0.1, 0.15) is 5.82 Å². The maximum absolute atomic E-state index is 12.7. The van der Waals surface area contributed by atoms with Gasteiger partial charge in [-0.05, 0) is 42.0 Å². The quantitative estimate of drug-likeness (QED) is 0.622. The number of anilines is 1. The van der Waals surface area contributed by atoms with Gasteiger partial charge in [-0.2, -0.15) is 18.3 Å². The third-order valence-corrected chi connectivity index (χ3v) is 5.42. The Morgan fingerprint density at radius 3 is 2.23 bits per heavy atom. The fourth-order valence-corrected chi connectivity index (χ4v) is 3.50. The minimum absolute atomic E-state index is 0.00334. The number of aromatic nitrogens is 2. The molecular weight excluding hydrogens is 429 g/mol. The van der Waals surface area contributed by atoms with Crippen molar-refractivity contribution >= 4 is 15.8 Å². The average Bonchev–Trinajstić information content (AvgIpc) is 3.06. The minimum atomic E-state index is -4.37. The Kier molecular flexibility index (Phi) is 6.10. The van der Waals surface area contributed by atoms with E-state index in [4.69, 9.17) is 5.14 Å². The molecule has 0 bridgehead atoms. The van der Waals surface area contributed by atoms with Gasteiger partial charge in [0.2, 0.25) is 10.0 Å². The number of halogens is 3. The van der Waals surface area contributed by atoms with E-state index in [1.165, 1.54) is 24.3 Å². The number of nitrogens with two attached hydrogens (primary N) is 1. The zero-order chi connectivity index (χ0) is 22.8. The molecule has 6 nitrogen and oxygen atoms in total. The number of sulfonamides is 1. The lowest BCUT2D eigenvalue weighted by molar-refractivity contribution is -0.137. The second-order valence-electron chi connectivity index (χ2n) is 6.88. The summed E-state index contributed by atoms with van der Waals surface area (Å²) in [4.78, 5) is 1.83. The molecular formula is C21H19F3N4O2S. The lowest BCUT2D eigenvalue weighted by Crippen LogP contribution is -2.20. The molecule has 3 aromatic rings. The van der Waals surface area contributed by atoms with Crippen LogP contribution < -0.4 is 10.0 Å². The Morgan fingerprint density at radius 2 is 1.68 bits per heavy atom. The number of benzene rings is 2. The van der Waals surface area contributed by atoms with E-state index in [0.29, 0.717) is 29.1 Å². The van der Waals surface area contributed by atoms with Gasteiger partial charge in [-0.3, -0.25) is 4.68 Å². The van der Waals surface area contributed by atoms with Crippen LogP contribution in [0.1, 0.15) is 22.3 Å². The smallest absolute Gasteiger partial charge is 0.355 e. The highest BCUT2D eigenvalue weighted by atomic mass is 32.2. The van der Waals surface area contributed by atoms with Crippen LogP contribution >= 0.6 is 0 Å². The molecule has 2 N–H and O–H groups in total. The highest BCUT2D eigenvalue weighted by molar-refractivity contribution is 7.89.